The normalized spacial score (nSPS) is 19.2. The van der Waals surface area contributed by atoms with Crippen molar-refractivity contribution in [1.82, 2.24) is 10.2 Å². The van der Waals surface area contributed by atoms with Gasteiger partial charge in [-0.2, -0.15) is 0 Å². The number of halogens is 1. The number of carbonyl (C=O) groups is 1. The molecule has 6 heteroatoms. The molecule has 0 bridgehead atoms. The summed E-state index contributed by atoms with van der Waals surface area (Å²) in [7, 11) is 0. The van der Waals surface area contributed by atoms with Crippen molar-refractivity contribution in [3.05, 3.63) is 58.1 Å². The van der Waals surface area contributed by atoms with Crippen molar-refractivity contribution in [1.29, 1.82) is 0 Å². The fourth-order valence-electron chi connectivity index (χ4n) is 3.83. The number of nitrogens with zero attached hydrogens (tertiary/aromatic N) is 1. The number of nitrogens with one attached hydrogen (secondary N) is 1. The molecule has 2 aromatic carbocycles. The lowest BCUT2D eigenvalue weighted by molar-refractivity contribution is 0.0732. The highest BCUT2D eigenvalue weighted by molar-refractivity contribution is 6.32. The third-order valence-electron chi connectivity index (χ3n) is 5.63. The molecule has 0 radical (unpaired) electrons. The Labute approximate surface area is 169 Å². The van der Waals surface area contributed by atoms with Crippen LogP contribution in [0.15, 0.2) is 36.4 Å². The average Bonchev–Trinajstić information content (AvgIpc) is 3.38. The number of hydrogen-bond acceptors (Lipinski definition) is 4. The molecule has 4 rings (SSSR count). The molecular weight excluding hydrogens is 376 g/mol. The van der Waals surface area contributed by atoms with E-state index in [2.05, 4.69) is 29.6 Å². The van der Waals surface area contributed by atoms with Crippen molar-refractivity contribution in [3.8, 4) is 11.5 Å². The summed E-state index contributed by atoms with van der Waals surface area (Å²) >= 11 is 5.93. The molecule has 0 aromatic heterocycles. The molecule has 1 aliphatic carbocycles. The van der Waals surface area contributed by atoms with Gasteiger partial charge in [0, 0.05) is 19.2 Å². The van der Waals surface area contributed by atoms with Crippen molar-refractivity contribution in [2.24, 2.45) is 5.92 Å². The predicted molar refractivity (Wildman–Crippen MR) is 109 cm³/mol. The molecule has 5 nitrogen and oxygen atoms in total. The first-order valence-electron chi connectivity index (χ1n) is 9.85. The highest BCUT2D eigenvalue weighted by Crippen LogP contribution is 2.37. The van der Waals surface area contributed by atoms with Gasteiger partial charge in [0.25, 0.3) is 5.91 Å². The SMILES string of the molecule is O=C(c1cc(Cl)c(O)cc1O)N1CCCC1c1ccc(CNCC2CC2)cc1. The number of benzene rings is 2. The van der Waals surface area contributed by atoms with E-state index in [0.717, 1.165) is 43.5 Å². The monoisotopic (exact) mass is 400 g/mol. The van der Waals surface area contributed by atoms with Crippen LogP contribution in [0.3, 0.4) is 0 Å². The summed E-state index contributed by atoms with van der Waals surface area (Å²) in [5.74, 6) is 0.105. The topological polar surface area (TPSA) is 72.8 Å². The van der Waals surface area contributed by atoms with Crippen molar-refractivity contribution >= 4 is 17.5 Å². The molecule has 148 valence electrons. The van der Waals surface area contributed by atoms with Crippen LogP contribution >= 0.6 is 11.6 Å². The molecule has 1 aliphatic heterocycles. The molecule has 3 N–H and O–H groups in total. The maximum atomic E-state index is 13.0. The number of likely N-dealkylation sites (tertiary alicyclic amines) is 1. The molecule has 2 fully saturated rings. The van der Waals surface area contributed by atoms with Crippen LogP contribution in [-0.4, -0.2) is 34.1 Å². The largest absolute Gasteiger partial charge is 0.507 e. The van der Waals surface area contributed by atoms with Crippen LogP contribution in [-0.2, 0) is 6.54 Å². The van der Waals surface area contributed by atoms with Gasteiger partial charge in [0.1, 0.15) is 11.5 Å². The number of hydrogen-bond donors (Lipinski definition) is 3. The van der Waals surface area contributed by atoms with Crippen molar-refractivity contribution in [2.75, 3.05) is 13.1 Å². The second-order valence-electron chi connectivity index (χ2n) is 7.79. The van der Waals surface area contributed by atoms with Gasteiger partial charge in [0.15, 0.2) is 0 Å². The minimum atomic E-state index is -0.267. The summed E-state index contributed by atoms with van der Waals surface area (Å²) < 4.78 is 0. The van der Waals surface area contributed by atoms with Gasteiger partial charge in [-0.15, -0.1) is 0 Å². The summed E-state index contributed by atoms with van der Waals surface area (Å²) in [5, 5.41) is 23.2. The average molecular weight is 401 g/mol. The smallest absolute Gasteiger partial charge is 0.258 e. The van der Waals surface area contributed by atoms with Crippen LogP contribution in [0.1, 0.15) is 53.2 Å². The fourth-order valence-corrected chi connectivity index (χ4v) is 4.00. The number of amides is 1. The number of rotatable bonds is 6. The number of phenolic OH excluding ortho intramolecular Hbond substituents is 2. The van der Waals surface area contributed by atoms with Crippen LogP contribution in [0.25, 0.3) is 0 Å². The van der Waals surface area contributed by atoms with E-state index in [1.54, 1.807) is 4.90 Å². The molecule has 1 unspecified atom stereocenters. The standard InChI is InChI=1S/C22H25ClN2O3/c23-18-10-17(20(26)11-21(18)27)22(28)25-9-1-2-19(25)16-7-5-15(6-8-16)13-24-12-14-3-4-14/h5-8,10-11,14,19,24,26-27H,1-4,9,12-13H2. The molecule has 2 aliphatic rings. The number of phenols is 2. The van der Waals surface area contributed by atoms with Gasteiger partial charge in [0.2, 0.25) is 0 Å². The zero-order valence-corrected chi connectivity index (χ0v) is 16.5. The van der Waals surface area contributed by atoms with Gasteiger partial charge in [-0.3, -0.25) is 4.79 Å². The Morgan fingerprint density at radius 2 is 1.86 bits per heavy atom. The Morgan fingerprint density at radius 3 is 2.57 bits per heavy atom. The Kier molecular flexibility index (Phi) is 5.47. The van der Waals surface area contributed by atoms with Gasteiger partial charge >= 0.3 is 0 Å². The van der Waals surface area contributed by atoms with Gasteiger partial charge in [-0.1, -0.05) is 35.9 Å². The quantitative estimate of drug-likeness (QED) is 0.678. The maximum absolute atomic E-state index is 13.0. The van der Waals surface area contributed by atoms with E-state index in [1.807, 2.05) is 0 Å². The van der Waals surface area contributed by atoms with E-state index in [4.69, 9.17) is 11.6 Å². The molecule has 1 amide bonds. The zero-order valence-electron chi connectivity index (χ0n) is 15.7. The van der Waals surface area contributed by atoms with Crippen molar-refractivity contribution in [3.63, 3.8) is 0 Å². The molecule has 1 atom stereocenters. The Morgan fingerprint density at radius 1 is 1.11 bits per heavy atom. The Balaban J connectivity index is 1.46. The van der Waals surface area contributed by atoms with Gasteiger partial charge in [-0.25, -0.2) is 0 Å². The van der Waals surface area contributed by atoms with Crippen LogP contribution in [0, 0.1) is 5.92 Å². The number of carbonyl (C=O) groups excluding carboxylic acids is 1. The van der Waals surface area contributed by atoms with E-state index in [9.17, 15) is 15.0 Å². The van der Waals surface area contributed by atoms with Crippen LogP contribution < -0.4 is 5.32 Å². The zero-order chi connectivity index (χ0) is 19.7. The van der Waals surface area contributed by atoms with E-state index >= 15 is 0 Å². The van der Waals surface area contributed by atoms with E-state index in [1.165, 1.54) is 24.5 Å². The summed E-state index contributed by atoms with van der Waals surface area (Å²) in [4.78, 5) is 14.8. The van der Waals surface area contributed by atoms with E-state index < -0.39 is 0 Å². The van der Waals surface area contributed by atoms with Crippen LogP contribution in [0.4, 0.5) is 0 Å². The highest BCUT2D eigenvalue weighted by atomic mass is 35.5. The number of aromatic hydroxyl groups is 2. The first kappa shape index (κ1) is 19.1. The third kappa shape index (κ3) is 4.10. The summed E-state index contributed by atoms with van der Waals surface area (Å²) in [6.07, 6.45) is 4.49. The molecule has 1 saturated heterocycles. The molecular formula is C22H25ClN2O3. The molecule has 0 spiro atoms. The lowest BCUT2D eigenvalue weighted by atomic mass is 10.0. The van der Waals surface area contributed by atoms with Gasteiger partial charge < -0.3 is 20.4 Å². The van der Waals surface area contributed by atoms with Crippen molar-refractivity contribution in [2.45, 2.75) is 38.3 Å². The summed E-state index contributed by atoms with van der Waals surface area (Å²) in [5.41, 5.74) is 2.46. The lowest BCUT2D eigenvalue weighted by Crippen LogP contribution is -2.30. The van der Waals surface area contributed by atoms with Crippen LogP contribution in [0.5, 0.6) is 11.5 Å². The van der Waals surface area contributed by atoms with Gasteiger partial charge in [0.05, 0.1) is 16.6 Å². The first-order valence-corrected chi connectivity index (χ1v) is 10.2. The second kappa shape index (κ2) is 8.02. The minimum Gasteiger partial charge on any atom is -0.507 e. The Hall–Kier alpha value is -2.24. The lowest BCUT2D eigenvalue weighted by Gasteiger charge is -2.26. The predicted octanol–water partition coefficient (Wildman–Crippen LogP) is 4.23. The first-order chi connectivity index (χ1) is 13.5. The maximum Gasteiger partial charge on any atom is 0.258 e. The van der Waals surface area contributed by atoms with E-state index in [-0.39, 0.29) is 34.0 Å². The molecule has 2 aromatic rings. The highest BCUT2D eigenvalue weighted by Gasteiger charge is 2.32. The van der Waals surface area contributed by atoms with Gasteiger partial charge in [-0.05, 0) is 55.3 Å². The molecule has 28 heavy (non-hydrogen) atoms. The summed E-state index contributed by atoms with van der Waals surface area (Å²) in [6, 6.07) is 10.8. The molecule has 1 heterocycles. The second-order valence-corrected chi connectivity index (χ2v) is 8.20. The molecule has 1 saturated carbocycles. The van der Waals surface area contributed by atoms with E-state index in [0.29, 0.717) is 6.54 Å². The fraction of sp³-hybridized carbons (Fsp3) is 0.409. The third-order valence-corrected chi connectivity index (χ3v) is 5.94. The van der Waals surface area contributed by atoms with Crippen LogP contribution in [0.2, 0.25) is 5.02 Å². The Bertz CT molecular complexity index is 865. The van der Waals surface area contributed by atoms with Crippen molar-refractivity contribution < 1.29 is 15.0 Å². The minimum absolute atomic E-state index is 0.0204. The summed E-state index contributed by atoms with van der Waals surface area (Å²) in [6.45, 7) is 2.58.